The van der Waals surface area contributed by atoms with Gasteiger partial charge in [-0.15, -0.1) is 0 Å². The van der Waals surface area contributed by atoms with Crippen molar-refractivity contribution in [3.8, 4) is 6.07 Å². The van der Waals surface area contributed by atoms with Crippen LogP contribution in [0.1, 0.15) is 18.2 Å². The number of anilines is 1. The van der Waals surface area contributed by atoms with Crippen LogP contribution in [0.2, 0.25) is 0 Å². The van der Waals surface area contributed by atoms with Crippen LogP contribution in [0.15, 0.2) is 41.4 Å². The average molecular weight is 303 g/mol. The van der Waals surface area contributed by atoms with Crippen LogP contribution in [-0.2, 0) is 23.4 Å². The molecule has 0 amide bonds. The molecule has 0 radical (unpaired) electrons. The van der Waals surface area contributed by atoms with E-state index in [1.165, 1.54) is 0 Å². The summed E-state index contributed by atoms with van der Waals surface area (Å²) in [6, 6.07) is 10.7. The van der Waals surface area contributed by atoms with Crippen molar-refractivity contribution in [2.75, 3.05) is 11.1 Å². The second-order valence-corrected chi connectivity index (χ2v) is 6.96. The fourth-order valence-corrected chi connectivity index (χ4v) is 3.15. The molecule has 21 heavy (non-hydrogen) atoms. The van der Waals surface area contributed by atoms with Gasteiger partial charge >= 0.3 is 0 Å². The fraction of sp³-hybridized carbons (Fsp3) is 0.267. The molecule has 2 rings (SSSR count). The normalized spacial score (nSPS) is 11.1. The number of nitriles is 1. The maximum atomic E-state index is 12.1. The number of rotatable bonds is 5. The topological polar surface area (TPSA) is 74.9 Å². The van der Waals surface area contributed by atoms with Gasteiger partial charge in [0.15, 0.2) is 9.84 Å². The van der Waals surface area contributed by atoms with Crippen LogP contribution >= 0.6 is 0 Å². The molecule has 0 unspecified atom stereocenters. The number of para-hydroxylation sites is 1. The third kappa shape index (κ3) is 3.26. The number of nitrogens with zero attached hydrogens (tertiary/aromatic N) is 2. The van der Waals surface area contributed by atoms with Crippen LogP contribution in [0.4, 0.5) is 5.69 Å². The summed E-state index contributed by atoms with van der Waals surface area (Å²) < 4.78 is 25.8. The van der Waals surface area contributed by atoms with Crippen molar-refractivity contribution in [3.63, 3.8) is 0 Å². The lowest BCUT2D eigenvalue weighted by Crippen LogP contribution is -2.08. The van der Waals surface area contributed by atoms with Crippen molar-refractivity contribution in [1.29, 1.82) is 5.26 Å². The SMILES string of the molecule is CCS(=O)(=O)c1ccccc1NCc1cc(C#N)n(C)c1. The van der Waals surface area contributed by atoms with E-state index in [0.717, 1.165) is 5.56 Å². The van der Waals surface area contributed by atoms with Gasteiger partial charge in [-0.2, -0.15) is 5.26 Å². The molecule has 2 aromatic rings. The number of hydrogen-bond donors (Lipinski definition) is 1. The van der Waals surface area contributed by atoms with Crippen molar-refractivity contribution < 1.29 is 8.42 Å². The van der Waals surface area contributed by atoms with E-state index in [9.17, 15) is 8.42 Å². The minimum absolute atomic E-state index is 0.0651. The molecule has 0 atom stereocenters. The fourth-order valence-electron chi connectivity index (χ4n) is 2.08. The lowest BCUT2D eigenvalue weighted by molar-refractivity contribution is 0.597. The number of hydrogen-bond acceptors (Lipinski definition) is 4. The van der Waals surface area contributed by atoms with Gasteiger partial charge in [0.25, 0.3) is 0 Å². The van der Waals surface area contributed by atoms with Crippen LogP contribution in [0.5, 0.6) is 0 Å². The standard InChI is InChI=1S/C15H17N3O2S/c1-3-21(19,20)15-7-5-4-6-14(15)17-10-12-8-13(9-16)18(2)11-12/h4-8,11,17H,3,10H2,1-2H3. The zero-order valence-electron chi connectivity index (χ0n) is 12.0. The minimum atomic E-state index is -3.26. The lowest BCUT2D eigenvalue weighted by atomic mass is 10.3. The largest absolute Gasteiger partial charge is 0.380 e. The van der Waals surface area contributed by atoms with Gasteiger partial charge in [-0.3, -0.25) is 0 Å². The Kier molecular flexibility index (Phi) is 4.34. The molecule has 1 N–H and O–H groups in total. The Morgan fingerprint density at radius 3 is 2.67 bits per heavy atom. The van der Waals surface area contributed by atoms with E-state index >= 15 is 0 Å². The first-order chi connectivity index (χ1) is 9.97. The van der Waals surface area contributed by atoms with Gasteiger partial charge in [0.05, 0.1) is 16.3 Å². The van der Waals surface area contributed by atoms with Crippen LogP contribution in [0.3, 0.4) is 0 Å². The molecule has 1 aromatic carbocycles. The molecule has 0 bridgehead atoms. The van der Waals surface area contributed by atoms with Crippen LogP contribution in [0.25, 0.3) is 0 Å². The van der Waals surface area contributed by atoms with Gasteiger partial charge in [-0.05, 0) is 23.8 Å². The van der Waals surface area contributed by atoms with Crippen LogP contribution in [-0.4, -0.2) is 18.7 Å². The first-order valence-electron chi connectivity index (χ1n) is 6.59. The molecule has 0 aliphatic rings. The highest BCUT2D eigenvalue weighted by Gasteiger charge is 2.15. The zero-order valence-corrected chi connectivity index (χ0v) is 12.8. The molecule has 1 heterocycles. The summed E-state index contributed by atoms with van der Waals surface area (Å²) in [5, 5.41) is 12.1. The molecule has 6 heteroatoms. The molecule has 0 aliphatic heterocycles. The first kappa shape index (κ1) is 15.1. The zero-order chi connectivity index (χ0) is 15.5. The van der Waals surface area contributed by atoms with Gasteiger partial charge in [-0.1, -0.05) is 19.1 Å². The Labute approximate surface area is 124 Å². The second-order valence-electron chi connectivity index (χ2n) is 4.71. The Morgan fingerprint density at radius 2 is 2.05 bits per heavy atom. The second kappa shape index (κ2) is 6.02. The molecule has 1 aromatic heterocycles. The third-order valence-corrected chi connectivity index (χ3v) is 5.05. The predicted octanol–water partition coefficient (Wildman–Crippen LogP) is 2.30. The Morgan fingerprint density at radius 1 is 1.33 bits per heavy atom. The predicted molar refractivity (Wildman–Crippen MR) is 81.6 cm³/mol. The van der Waals surface area contributed by atoms with E-state index in [1.807, 2.05) is 6.20 Å². The summed E-state index contributed by atoms with van der Waals surface area (Å²) in [7, 11) is -1.46. The number of aromatic nitrogens is 1. The van der Waals surface area contributed by atoms with Crippen molar-refractivity contribution in [1.82, 2.24) is 4.57 Å². The van der Waals surface area contributed by atoms with Crippen molar-refractivity contribution in [3.05, 3.63) is 47.8 Å². The molecule has 0 fully saturated rings. The maximum absolute atomic E-state index is 12.1. The van der Waals surface area contributed by atoms with Gasteiger partial charge < -0.3 is 9.88 Å². The minimum Gasteiger partial charge on any atom is -0.380 e. The van der Waals surface area contributed by atoms with Crippen molar-refractivity contribution >= 4 is 15.5 Å². The molecule has 0 spiro atoms. The number of sulfone groups is 1. The number of aryl methyl sites for hydroxylation is 1. The first-order valence-corrected chi connectivity index (χ1v) is 8.24. The van der Waals surface area contributed by atoms with E-state index in [2.05, 4.69) is 11.4 Å². The Bertz CT molecular complexity index is 785. The highest BCUT2D eigenvalue weighted by atomic mass is 32.2. The highest BCUT2D eigenvalue weighted by Crippen LogP contribution is 2.22. The summed E-state index contributed by atoms with van der Waals surface area (Å²) in [5.41, 5.74) is 2.08. The van der Waals surface area contributed by atoms with Gasteiger partial charge in [-0.25, -0.2) is 8.42 Å². The average Bonchev–Trinajstić information content (AvgIpc) is 2.85. The molecular weight excluding hydrogens is 286 g/mol. The maximum Gasteiger partial charge on any atom is 0.180 e. The summed E-state index contributed by atoms with van der Waals surface area (Å²) in [6.07, 6.45) is 1.85. The molecule has 0 saturated carbocycles. The monoisotopic (exact) mass is 303 g/mol. The molecule has 0 saturated heterocycles. The highest BCUT2D eigenvalue weighted by molar-refractivity contribution is 7.91. The summed E-state index contributed by atoms with van der Waals surface area (Å²) in [5.74, 6) is 0.0651. The van der Waals surface area contributed by atoms with Gasteiger partial charge in [0.1, 0.15) is 11.8 Å². The van der Waals surface area contributed by atoms with E-state index < -0.39 is 9.84 Å². The summed E-state index contributed by atoms with van der Waals surface area (Å²) in [6.45, 7) is 2.09. The van der Waals surface area contributed by atoms with Gasteiger partial charge in [0.2, 0.25) is 0 Å². The Balaban J connectivity index is 2.23. The van der Waals surface area contributed by atoms with E-state index in [-0.39, 0.29) is 5.75 Å². The number of benzene rings is 1. The quantitative estimate of drug-likeness (QED) is 0.919. The van der Waals surface area contributed by atoms with E-state index in [0.29, 0.717) is 22.8 Å². The molecular formula is C15H17N3O2S. The smallest absolute Gasteiger partial charge is 0.180 e. The van der Waals surface area contributed by atoms with Crippen LogP contribution in [0, 0.1) is 11.3 Å². The lowest BCUT2D eigenvalue weighted by Gasteiger charge is -2.11. The summed E-state index contributed by atoms with van der Waals surface area (Å²) >= 11 is 0. The van der Waals surface area contributed by atoms with Crippen molar-refractivity contribution in [2.24, 2.45) is 7.05 Å². The molecule has 110 valence electrons. The molecule has 5 nitrogen and oxygen atoms in total. The van der Waals surface area contributed by atoms with Crippen LogP contribution < -0.4 is 5.32 Å². The number of nitrogens with one attached hydrogen (secondary N) is 1. The van der Waals surface area contributed by atoms with E-state index in [1.54, 1.807) is 48.9 Å². The van der Waals surface area contributed by atoms with E-state index in [4.69, 9.17) is 5.26 Å². The van der Waals surface area contributed by atoms with Gasteiger partial charge in [0, 0.05) is 19.8 Å². The molecule has 0 aliphatic carbocycles. The van der Waals surface area contributed by atoms with Crippen molar-refractivity contribution in [2.45, 2.75) is 18.4 Å². The third-order valence-electron chi connectivity index (χ3n) is 3.26. The summed E-state index contributed by atoms with van der Waals surface area (Å²) in [4.78, 5) is 0.309. The Hall–Kier alpha value is -2.26.